The largest absolute Gasteiger partial charge is 0.390 e. The van der Waals surface area contributed by atoms with Crippen LogP contribution in [-0.2, 0) is 4.74 Å². The van der Waals surface area contributed by atoms with Crippen molar-refractivity contribution >= 4 is 0 Å². The highest BCUT2D eigenvalue weighted by atomic mass is 16.5. The first-order valence-corrected chi connectivity index (χ1v) is 13.9. The minimum atomic E-state index is -0.624. The number of hydrogen-bond donors (Lipinski definition) is 2. The third kappa shape index (κ3) is 2.89. The second-order valence-corrected chi connectivity index (χ2v) is 13.9. The number of aliphatic hydroxyl groups is 2. The molecule has 0 aromatic heterocycles. The molecule has 5 fully saturated rings. The van der Waals surface area contributed by atoms with E-state index < -0.39 is 12.2 Å². The van der Waals surface area contributed by atoms with Gasteiger partial charge in [0.1, 0.15) is 0 Å². The summed E-state index contributed by atoms with van der Waals surface area (Å²) in [5.74, 6) is 4.51. The minimum absolute atomic E-state index is 0.124. The average molecular weight is 447 g/mol. The summed E-state index contributed by atoms with van der Waals surface area (Å²) >= 11 is 0. The van der Waals surface area contributed by atoms with Crippen LogP contribution in [0.5, 0.6) is 0 Å². The first-order valence-electron chi connectivity index (χ1n) is 13.9. The Morgan fingerprint density at radius 2 is 1.59 bits per heavy atom. The van der Waals surface area contributed by atoms with Crippen LogP contribution in [0, 0.1) is 63.6 Å². The number of hydrogen-bond acceptors (Lipinski definition) is 3. The highest BCUT2D eigenvalue weighted by molar-refractivity contribution is 5.26. The van der Waals surface area contributed by atoms with Crippen molar-refractivity contribution in [1.82, 2.24) is 0 Å². The van der Waals surface area contributed by atoms with Gasteiger partial charge in [0.25, 0.3) is 0 Å². The second-order valence-electron chi connectivity index (χ2n) is 13.9. The summed E-state index contributed by atoms with van der Waals surface area (Å²) in [6, 6.07) is 0. The van der Waals surface area contributed by atoms with E-state index in [0.717, 1.165) is 23.7 Å². The molecule has 0 saturated heterocycles. The first-order chi connectivity index (χ1) is 15.0. The third-order valence-electron chi connectivity index (χ3n) is 13.0. The van der Waals surface area contributed by atoms with Crippen LogP contribution in [0.1, 0.15) is 92.9 Å². The van der Waals surface area contributed by atoms with Gasteiger partial charge >= 0.3 is 0 Å². The molecule has 0 aromatic carbocycles. The van der Waals surface area contributed by atoms with Crippen molar-refractivity contribution in [1.29, 1.82) is 0 Å². The number of fused-ring (bicyclic) bond motifs is 4. The maximum atomic E-state index is 11.2. The summed E-state index contributed by atoms with van der Waals surface area (Å²) in [6.45, 7) is 13.8. The quantitative estimate of drug-likeness (QED) is 0.532. The van der Waals surface area contributed by atoms with Crippen molar-refractivity contribution in [3.63, 3.8) is 0 Å². The topological polar surface area (TPSA) is 49.7 Å². The fourth-order valence-electron chi connectivity index (χ4n) is 10.7. The highest BCUT2D eigenvalue weighted by Crippen LogP contribution is 2.82. The van der Waals surface area contributed by atoms with Crippen molar-refractivity contribution in [3.8, 4) is 0 Å². The number of ether oxygens (including phenoxy) is 1. The van der Waals surface area contributed by atoms with Crippen LogP contribution in [0.4, 0.5) is 0 Å². The minimum Gasteiger partial charge on any atom is -0.390 e. The van der Waals surface area contributed by atoms with E-state index >= 15 is 0 Å². The van der Waals surface area contributed by atoms with Crippen molar-refractivity contribution in [2.75, 3.05) is 7.11 Å². The van der Waals surface area contributed by atoms with Crippen LogP contribution in [-0.4, -0.2) is 35.6 Å². The SMILES string of the molecule is CO[C@@H]1C[C@H]2[C@@H]3CC[C@H]([C@H](C)[C@@H](O)[C@H](O)[C@@H](C)C(C)C)[C@@]3(C)CC[C@@H]2[C@@]2(C)CC[C@@H]3C[C@]312. The molecule has 5 aliphatic rings. The van der Waals surface area contributed by atoms with Crippen molar-refractivity contribution in [2.24, 2.45) is 63.6 Å². The van der Waals surface area contributed by atoms with Crippen molar-refractivity contribution < 1.29 is 14.9 Å². The summed E-state index contributed by atoms with van der Waals surface area (Å²) < 4.78 is 6.27. The number of methoxy groups -OCH3 is 1. The molecule has 0 heterocycles. The van der Waals surface area contributed by atoms with E-state index in [9.17, 15) is 10.2 Å². The van der Waals surface area contributed by atoms with Gasteiger partial charge in [-0.3, -0.25) is 0 Å². The van der Waals surface area contributed by atoms with Crippen molar-refractivity contribution in [2.45, 2.75) is 111 Å². The first kappa shape index (κ1) is 23.6. The molecule has 184 valence electrons. The molecule has 3 heteroatoms. The Kier molecular flexibility index (Phi) is 5.67. The average Bonchev–Trinajstić information content (AvgIpc) is 3.28. The molecule has 0 radical (unpaired) electrons. The van der Waals surface area contributed by atoms with E-state index in [1.807, 2.05) is 7.11 Å². The summed E-state index contributed by atoms with van der Waals surface area (Å²) in [4.78, 5) is 0. The lowest BCUT2D eigenvalue weighted by Gasteiger charge is -2.61. The maximum Gasteiger partial charge on any atom is 0.0830 e. The molecule has 3 nitrogen and oxygen atoms in total. The zero-order valence-electron chi connectivity index (χ0n) is 21.8. The zero-order chi connectivity index (χ0) is 23.2. The highest BCUT2D eigenvalue weighted by Gasteiger charge is 2.77. The molecule has 0 aliphatic heterocycles. The fourth-order valence-corrected chi connectivity index (χ4v) is 10.7. The number of rotatable bonds is 6. The van der Waals surface area contributed by atoms with Gasteiger partial charge in [0.05, 0.1) is 18.3 Å². The Bertz CT molecular complexity index is 721. The summed E-state index contributed by atoms with van der Waals surface area (Å²) in [7, 11) is 1.98. The predicted octanol–water partition coefficient (Wildman–Crippen LogP) is 5.92. The van der Waals surface area contributed by atoms with Gasteiger partial charge in [-0.05, 0) is 110 Å². The molecule has 0 aromatic rings. The standard InChI is InChI=1S/C29H50O3/c1-16(2)17(3)25(30)26(31)18(4)21-8-9-22-20-14-24(32-7)29-15-19(29)10-13-28(29,6)23(20)11-12-27(21,22)5/h16-26,30-31H,8-15H2,1-7H3/t17-,18-,19+,20-,21+,22-,23-,24+,25+,26+,27+,28+,29-/m0/s1. The molecule has 5 saturated carbocycles. The molecule has 0 amide bonds. The van der Waals surface area contributed by atoms with Gasteiger partial charge in [-0.25, -0.2) is 0 Å². The second kappa shape index (κ2) is 7.69. The Morgan fingerprint density at radius 3 is 2.22 bits per heavy atom. The third-order valence-corrected chi connectivity index (χ3v) is 13.0. The molecular weight excluding hydrogens is 396 g/mol. The molecule has 1 spiro atoms. The van der Waals surface area contributed by atoms with Gasteiger partial charge in [0.15, 0.2) is 0 Å². The molecule has 5 rings (SSSR count). The lowest BCUT2D eigenvalue weighted by Crippen LogP contribution is -2.57. The Hall–Kier alpha value is -0.120. The normalized spacial score (nSPS) is 53.1. The zero-order valence-corrected chi connectivity index (χ0v) is 21.8. The van der Waals surface area contributed by atoms with E-state index in [-0.39, 0.29) is 11.8 Å². The monoisotopic (exact) mass is 446 g/mol. The van der Waals surface area contributed by atoms with Crippen LogP contribution in [0.2, 0.25) is 0 Å². The molecule has 32 heavy (non-hydrogen) atoms. The van der Waals surface area contributed by atoms with Crippen LogP contribution in [0.15, 0.2) is 0 Å². The predicted molar refractivity (Wildman–Crippen MR) is 129 cm³/mol. The molecule has 5 aliphatic carbocycles. The van der Waals surface area contributed by atoms with Gasteiger partial charge in [-0.2, -0.15) is 0 Å². The molecule has 2 N–H and O–H groups in total. The van der Waals surface area contributed by atoms with E-state index in [0.29, 0.717) is 34.2 Å². The van der Waals surface area contributed by atoms with Crippen LogP contribution >= 0.6 is 0 Å². The number of aliphatic hydroxyl groups excluding tert-OH is 2. The Morgan fingerprint density at radius 1 is 0.875 bits per heavy atom. The fraction of sp³-hybridized carbons (Fsp3) is 1.00. The van der Waals surface area contributed by atoms with Crippen LogP contribution in [0.3, 0.4) is 0 Å². The molecule has 0 bridgehead atoms. The lowest BCUT2D eigenvalue weighted by atomic mass is 9.45. The van der Waals surface area contributed by atoms with E-state index in [1.54, 1.807) is 0 Å². The van der Waals surface area contributed by atoms with Gasteiger partial charge in [0.2, 0.25) is 0 Å². The molecule has 13 atom stereocenters. The summed E-state index contributed by atoms with van der Waals surface area (Å²) in [5.41, 5.74) is 1.27. The van der Waals surface area contributed by atoms with Crippen LogP contribution in [0.25, 0.3) is 0 Å². The van der Waals surface area contributed by atoms with Gasteiger partial charge in [0, 0.05) is 12.5 Å². The summed E-state index contributed by atoms with van der Waals surface area (Å²) in [6.07, 6.45) is 9.94. The smallest absolute Gasteiger partial charge is 0.0830 e. The van der Waals surface area contributed by atoms with E-state index in [4.69, 9.17) is 4.74 Å². The lowest BCUT2D eigenvalue weighted by molar-refractivity contribution is -0.164. The molecule has 0 unspecified atom stereocenters. The Balaban J connectivity index is 1.38. The van der Waals surface area contributed by atoms with Gasteiger partial charge in [-0.1, -0.05) is 41.5 Å². The van der Waals surface area contributed by atoms with Gasteiger partial charge < -0.3 is 14.9 Å². The Labute approximate surface area is 197 Å². The van der Waals surface area contributed by atoms with E-state index in [1.165, 1.54) is 51.4 Å². The van der Waals surface area contributed by atoms with Crippen LogP contribution < -0.4 is 0 Å². The van der Waals surface area contributed by atoms with E-state index in [2.05, 4.69) is 41.5 Å². The van der Waals surface area contributed by atoms with Crippen molar-refractivity contribution in [3.05, 3.63) is 0 Å². The molecular formula is C29H50O3. The van der Waals surface area contributed by atoms with Gasteiger partial charge in [-0.15, -0.1) is 0 Å². The maximum absolute atomic E-state index is 11.2. The summed E-state index contributed by atoms with van der Waals surface area (Å²) in [5, 5.41) is 22.1.